The number of amides is 1. The molecule has 2 aromatic carbocycles. The third kappa shape index (κ3) is 6.21. The minimum Gasteiger partial charge on any atom is -0.299 e. The minimum absolute atomic E-state index is 0.0161. The van der Waals surface area contributed by atoms with E-state index in [0.29, 0.717) is 34.2 Å². The average Bonchev–Trinajstić information content (AvgIpc) is 2.96. The maximum atomic E-state index is 13.2. The Morgan fingerprint density at radius 1 is 1.14 bits per heavy atom. The third-order valence-electron chi connectivity index (χ3n) is 4.34. The maximum Gasteiger partial charge on any atom is 0.266 e. The molecule has 3 nitrogen and oxygen atoms in total. The second-order valence-electron chi connectivity index (χ2n) is 6.57. The SMILES string of the molecule is O=C(CCCN1C(=O)/C(=C/C=C/c2ccccc2)SC1=S)Cc1cccc(F)c1. The highest BCUT2D eigenvalue weighted by atomic mass is 32.2. The summed E-state index contributed by atoms with van der Waals surface area (Å²) < 4.78 is 13.7. The Morgan fingerprint density at radius 3 is 2.69 bits per heavy atom. The van der Waals surface area contributed by atoms with Gasteiger partial charge in [0.05, 0.1) is 4.91 Å². The summed E-state index contributed by atoms with van der Waals surface area (Å²) in [5.41, 5.74) is 1.71. The second kappa shape index (κ2) is 10.3. The number of carbonyl (C=O) groups is 2. The zero-order valence-electron chi connectivity index (χ0n) is 15.7. The first-order valence-corrected chi connectivity index (χ1v) is 10.5. The van der Waals surface area contributed by atoms with Crippen LogP contribution in [0.3, 0.4) is 0 Å². The molecule has 1 heterocycles. The van der Waals surface area contributed by atoms with Crippen LogP contribution in [0.2, 0.25) is 0 Å². The zero-order valence-corrected chi connectivity index (χ0v) is 17.3. The van der Waals surface area contributed by atoms with Crippen LogP contribution >= 0.6 is 24.0 Å². The predicted octanol–water partition coefficient (Wildman–Crippen LogP) is 5.18. The van der Waals surface area contributed by atoms with Gasteiger partial charge in [-0.25, -0.2) is 4.39 Å². The minimum atomic E-state index is -0.346. The van der Waals surface area contributed by atoms with E-state index < -0.39 is 0 Å². The van der Waals surface area contributed by atoms with Gasteiger partial charge in [0.15, 0.2) is 0 Å². The van der Waals surface area contributed by atoms with Gasteiger partial charge >= 0.3 is 0 Å². The summed E-state index contributed by atoms with van der Waals surface area (Å²) >= 11 is 6.58. The predicted molar refractivity (Wildman–Crippen MR) is 120 cm³/mol. The highest BCUT2D eigenvalue weighted by molar-refractivity contribution is 8.26. The van der Waals surface area contributed by atoms with E-state index in [1.807, 2.05) is 42.5 Å². The number of Topliss-reactive ketones (excluding diaryl/α,β-unsaturated/α-hetero) is 1. The van der Waals surface area contributed by atoms with Gasteiger partial charge in [0, 0.05) is 19.4 Å². The van der Waals surface area contributed by atoms with E-state index >= 15 is 0 Å². The van der Waals surface area contributed by atoms with E-state index in [1.165, 1.54) is 28.8 Å². The largest absolute Gasteiger partial charge is 0.299 e. The van der Waals surface area contributed by atoms with Gasteiger partial charge in [-0.15, -0.1) is 0 Å². The molecule has 1 aliphatic rings. The van der Waals surface area contributed by atoms with Gasteiger partial charge in [-0.05, 0) is 35.8 Å². The molecule has 0 spiro atoms. The van der Waals surface area contributed by atoms with E-state index in [4.69, 9.17) is 12.2 Å². The summed E-state index contributed by atoms with van der Waals surface area (Å²) in [5, 5.41) is 0. The number of thioether (sulfide) groups is 1. The Kier molecular flexibility index (Phi) is 7.49. The first-order valence-electron chi connectivity index (χ1n) is 9.26. The molecule has 1 aliphatic heterocycles. The lowest BCUT2D eigenvalue weighted by molar-refractivity contribution is -0.123. The van der Waals surface area contributed by atoms with Gasteiger partial charge in [-0.3, -0.25) is 14.5 Å². The van der Waals surface area contributed by atoms with Gasteiger partial charge in [-0.1, -0.05) is 78.6 Å². The van der Waals surface area contributed by atoms with Gasteiger partial charge in [-0.2, -0.15) is 0 Å². The monoisotopic (exact) mass is 425 g/mol. The fourth-order valence-electron chi connectivity index (χ4n) is 2.91. The van der Waals surface area contributed by atoms with Crippen molar-refractivity contribution in [1.29, 1.82) is 0 Å². The average molecular weight is 426 g/mol. The summed E-state index contributed by atoms with van der Waals surface area (Å²) in [4.78, 5) is 26.8. The van der Waals surface area contributed by atoms with Crippen molar-refractivity contribution in [3.05, 3.63) is 88.6 Å². The molecule has 0 unspecified atom stereocenters. The molecular formula is C23H20FNO2S2. The van der Waals surface area contributed by atoms with Crippen molar-refractivity contribution in [2.75, 3.05) is 6.54 Å². The number of halogens is 1. The van der Waals surface area contributed by atoms with Crippen LogP contribution in [-0.4, -0.2) is 27.5 Å². The molecule has 0 N–H and O–H groups in total. The highest BCUT2D eigenvalue weighted by Crippen LogP contribution is 2.31. The van der Waals surface area contributed by atoms with E-state index in [1.54, 1.807) is 18.2 Å². The molecule has 1 fully saturated rings. The van der Waals surface area contributed by atoms with E-state index in [-0.39, 0.29) is 23.9 Å². The number of hydrogen-bond acceptors (Lipinski definition) is 4. The van der Waals surface area contributed by atoms with Crippen molar-refractivity contribution in [2.45, 2.75) is 19.3 Å². The van der Waals surface area contributed by atoms with Crippen molar-refractivity contribution in [1.82, 2.24) is 4.90 Å². The van der Waals surface area contributed by atoms with Crippen LogP contribution in [0.25, 0.3) is 6.08 Å². The number of thiocarbonyl (C=S) groups is 1. The lowest BCUT2D eigenvalue weighted by Crippen LogP contribution is -2.29. The normalized spacial score (nSPS) is 15.6. The number of nitrogens with zero attached hydrogens (tertiary/aromatic N) is 1. The molecule has 0 aliphatic carbocycles. The number of carbonyl (C=O) groups excluding carboxylic acids is 2. The van der Waals surface area contributed by atoms with Crippen molar-refractivity contribution in [2.24, 2.45) is 0 Å². The number of rotatable bonds is 8. The summed E-state index contributed by atoms with van der Waals surface area (Å²) in [5.74, 6) is -0.460. The van der Waals surface area contributed by atoms with E-state index in [0.717, 1.165) is 5.56 Å². The van der Waals surface area contributed by atoms with Gasteiger partial charge < -0.3 is 0 Å². The molecule has 1 amide bonds. The fraction of sp³-hybridized carbons (Fsp3) is 0.174. The number of allylic oxidation sites excluding steroid dienone is 2. The lowest BCUT2D eigenvalue weighted by Gasteiger charge is -2.13. The molecule has 6 heteroatoms. The number of hydrogen-bond donors (Lipinski definition) is 0. The quantitative estimate of drug-likeness (QED) is 0.432. The van der Waals surface area contributed by atoms with Crippen molar-refractivity contribution in [3.8, 4) is 0 Å². The Bertz CT molecular complexity index is 970. The summed E-state index contributed by atoms with van der Waals surface area (Å²) in [7, 11) is 0. The second-order valence-corrected chi connectivity index (χ2v) is 8.25. The smallest absolute Gasteiger partial charge is 0.266 e. The van der Waals surface area contributed by atoms with Crippen LogP contribution in [0.4, 0.5) is 4.39 Å². The molecule has 1 saturated heterocycles. The molecule has 29 heavy (non-hydrogen) atoms. The van der Waals surface area contributed by atoms with Crippen molar-refractivity contribution in [3.63, 3.8) is 0 Å². The Hall–Kier alpha value is -2.57. The molecule has 0 radical (unpaired) electrons. The highest BCUT2D eigenvalue weighted by Gasteiger charge is 2.31. The molecule has 0 saturated carbocycles. The van der Waals surface area contributed by atoms with E-state index in [9.17, 15) is 14.0 Å². The molecule has 148 valence electrons. The van der Waals surface area contributed by atoms with Crippen LogP contribution in [0.15, 0.2) is 71.7 Å². The summed E-state index contributed by atoms with van der Waals surface area (Å²) in [6.45, 7) is 0.402. The Labute approximate surface area is 179 Å². The molecule has 0 atom stereocenters. The zero-order chi connectivity index (χ0) is 20.6. The summed E-state index contributed by atoms with van der Waals surface area (Å²) in [6.07, 6.45) is 6.57. The number of ketones is 1. The number of benzene rings is 2. The Morgan fingerprint density at radius 2 is 1.93 bits per heavy atom. The first kappa shape index (κ1) is 21.1. The van der Waals surface area contributed by atoms with Gasteiger partial charge in [0.25, 0.3) is 5.91 Å². The van der Waals surface area contributed by atoms with Crippen LogP contribution in [0, 0.1) is 5.82 Å². The molecular weight excluding hydrogens is 405 g/mol. The van der Waals surface area contributed by atoms with Crippen LogP contribution in [0.5, 0.6) is 0 Å². The first-order chi connectivity index (χ1) is 14.0. The molecule has 3 rings (SSSR count). The third-order valence-corrected chi connectivity index (χ3v) is 5.73. The van der Waals surface area contributed by atoms with Crippen LogP contribution in [-0.2, 0) is 16.0 Å². The van der Waals surface area contributed by atoms with Crippen LogP contribution < -0.4 is 0 Å². The molecule has 0 bridgehead atoms. The standard InChI is InChI=1S/C23H20FNO2S2/c24-19-11-4-10-18(15-19)16-20(26)12-6-14-25-22(27)21(29-23(25)28)13-5-9-17-7-2-1-3-8-17/h1-5,7-11,13,15H,6,12,14,16H2/b9-5+,21-13-. The van der Waals surface area contributed by atoms with Crippen LogP contribution in [0.1, 0.15) is 24.0 Å². The topological polar surface area (TPSA) is 37.4 Å². The molecule has 0 aromatic heterocycles. The fourth-order valence-corrected chi connectivity index (χ4v) is 4.18. The van der Waals surface area contributed by atoms with Crippen molar-refractivity contribution < 1.29 is 14.0 Å². The van der Waals surface area contributed by atoms with Gasteiger partial charge in [0.1, 0.15) is 15.9 Å². The Balaban J connectivity index is 1.49. The summed E-state index contributed by atoms with van der Waals surface area (Å²) in [6, 6.07) is 15.9. The van der Waals surface area contributed by atoms with Crippen molar-refractivity contribution >= 4 is 46.1 Å². The lowest BCUT2D eigenvalue weighted by atomic mass is 10.1. The molecule has 2 aromatic rings. The maximum absolute atomic E-state index is 13.2. The van der Waals surface area contributed by atoms with E-state index in [2.05, 4.69) is 0 Å². The van der Waals surface area contributed by atoms with Gasteiger partial charge in [0.2, 0.25) is 0 Å².